The Kier molecular flexibility index (Phi) is 8.81. The fourth-order valence-electron chi connectivity index (χ4n) is 4.57. The lowest BCUT2D eigenvalue weighted by Crippen LogP contribution is -2.37. The monoisotopic (exact) mass is 540 g/mol. The Morgan fingerprint density at radius 3 is 2.42 bits per heavy atom. The van der Waals surface area contributed by atoms with Crippen LogP contribution in [0.3, 0.4) is 0 Å². The van der Waals surface area contributed by atoms with Gasteiger partial charge in [0.05, 0.1) is 50.8 Å². The highest BCUT2D eigenvalue weighted by Gasteiger charge is 2.16. The van der Waals surface area contributed by atoms with E-state index in [2.05, 4.69) is 21.3 Å². The van der Waals surface area contributed by atoms with Crippen LogP contribution in [0, 0.1) is 11.3 Å². The fraction of sp³-hybridized carbons (Fsp3) is 0.290. The molecule has 206 valence electrons. The predicted octanol–water partition coefficient (Wildman–Crippen LogP) is 5.76. The number of methoxy groups -OCH3 is 2. The molecular weight excluding hydrogens is 508 g/mol. The SMILES string of the molecule is COc1cc2ncc(C#N)c(Nc3ccc(Oc4ccccc4OC)cc3)c2cc1OCCCN1CCOCC1. The van der Waals surface area contributed by atoms with Gasteiger partial charge in [-0.25, -0.2) is 0 Å². The smallest absolute Gasteiger partial charge is 0.169 e. The largest absolute Gasteiger partial charge is 0.493 e. The molecule has 0 amide bonds. The Morgan fingerprint density at radius 1 is 0.950 bits per heavy atom. The van der Waals surface area contributed by atoms with Crippen molar-refractivity contribution in [3.05, 3.63) is 72.4 Å². The van der Waals surface area contributed by atoms with Gasteiger partial charge in [0.25, 0.3) is 0 Å². The molecule has 0 bridgehead atoms. The molecule has 0 radical (unpaired) electrons. The predicted molar refractivity (Wildman–Crippen MR) is 153 cm³/mol. The van der Waals surface area contributed by atoms with Gasteiger partial charge in [-0.2, -0.15) is 5.26 Å². The quantitative estimate of drug-likeness (QED) is 0.238. The highest BCUT2D eigenvalue weighted by atomic mass is 16.5. The van der Waals surface area contributed by atoms with Gasteiger partial charge in [-0.1, -0.05) is 12.1 Å². The topological polar surface area (TPSA) is 98.1 Å². The minimum atomic E-state index is 0.422. The molecule has 3 aromatic carbocycles. The van der Waals surface area contributed by atoms with Crippen LogP contribution in [0.15, 0.2) is 66.9 Å². The van der Waals surface area contributed by atoms with Crippen LogP contribution in [0.4, 0.5) is 11.4 Å². The maximum Gasteiger partial charge on any atom is 0.169 e. The first-order chi connectivity index (χ1) is 19.7. The van der Waals surface area contributed by atoms with Crippen molar-refractivity contribution in [2.24, 2.45) is 0 Å². The first kappa shape index (κ1) is 27.1. The van der Waals surface area contributed by atoms with E-state index in [0.29, 0.717) is 52.1 Å². The van der Waals surface area contributed by atoms with Crippen LogP contribution < -0.4 is 24.3 Å². The number of fused-ring (bicyclic) bond motifs is 1. The van der Waals surface area contributed by atoms with E-state index in [-0.39, 0.29) is 0 Å². The van der Waals surface area contributed by atoms with E-state index in [1.54, 1.807) is 20.4 Å². The van der Waals surface area contributed by atoms with E-state index >= 15 is 0 Å². The fourth-order valence-corrected chi connectivity index (χ4v) is 4.57. The number of rotatable bonds is 11. The lowest BCUT2D eigenvalue weighted by Gasteiger charge is -2.26. The number of anilines is 2. The van der Waals surface area contributed by atoms with Crippen molar-refractivity contribution in [2.45, 2.75) is 6.42 Å². The van der Waals surface area contributed by atoms with Crippen LogP contribution in [0.1, 0.15) is 12.0 Å². The summed E-state index contributed by atoms with van der Waals surface area (Å²) >= 11 is 0. The van der Waals surface area contributed by atoms with Crippen LogP contribution in [-0.4, -0.2) is 63.6 Å². The Labute approximate surface area is 233 Å². The van der Waals surface area contributed by atoms with E-state index in [4.69, 9.17) is 23.7 Å². The molecule has 0 aliphatic carbocycles. The number of ether oxygens (including phenoxy) is 5. The lowest BCUT2D eigenvalue weighted by atomic mass is 10.1. The van der Waals surface area contributed by atoms with Gasteiger partial charge in [-0.3, -0.25) is 9.88 Å². The summed E-state index contributed by atoms with van der Waals surface area (Å²) < 4.78 is 28.5. The van der Waals surface area contributed by atoms with Gasteiger partial charge in [-0.05, 0) is 48.9 Å². The number of nitrogens with one attached hydrogen (secondary N) is 1. The van der Waals surface area contributed by atoms with Crippen LogP contribution in [-0.2, 0) is 4.74 Å². The summed E-state index contributed by atoms with van der Waals surface area (Å²) in [7, 11) is 3.22. The van der Waals surface area contributed by atoms with Gasteiger partial charge in [-0.15, -0.1) is 0 Å². The third kappa shape index (κ3) is 6.37. The minimum Gasteiger partial charge on any atom is -0.493 e. The molecular formula is C31H32N4O5. The summed E-state index contributed by atoms with van der Waals surface area (Å²) in [6.07, 6.45) is 2.44. The summed E-state index contributed by atoms with van der Waals surface area (Å²) in [5.74, 6) is 3.15. The van der Waals surface area contributed by atoms with Crippen LogP contribution in [0.2, 0.25) is 0 Å². The van der Waals surface area contributed by atoms with Crippen molar-refractivity contribution in [3.63, 3.8) is 0 Å². The molecule has 0 atom stereocenters. The number of morpholine rings is 1. The molecule has 40 heavy (non-hydrogen) atoms. The Hall–Kier alpha value is -4.52. The molecule has 2 heterocycles. The molecule has 5 rings (SSSR count). The van der Waals surface area contributed by atoms with Gasteiger partial charge >= 0.3 is 0 Å². The van der Waals surface area contributed by atoms with Crippen molar-refractivity contribution in [1.29, 1.82) is 5.26 Å². The Balaban J connectivity index is 1.35. The number of hydrogen-bond acceptors (Lipinski definition) is 9. The molecule has 0 unspecified atom stereocenters. The summed E-state index contributed by atoms with van der Waals surface area (Å²) in [4.78, 5) is 6.87. The third-order valence-electron chi connectivity index (χ3n) is 6.67. The van der Waals surface area contributed by atoms with Crippen molar-refractivity contribution >= 4 is 22.3 Å². The number of aromatic nitrogens is 1. The number of pyridine rings is 1. The Bertz CT molecular complexity index is 1480. The molecule has 1 aliphatic heterocycles. The second-order valence-corrected chi connectivity index (χ2v) is 9.24. The summed E-state index contributed by atoms with van der Waals surface area (Å²) in [5, 5.41) is 14.0. The zero-order chi connectivity index (χ0) is 27.7. The minimum absolute atomic E-state index is 0.422. The number of nitrogens with zero attached hydrogens (tertiary/aromatic N) is 3. The van der Waals surface area contributed by atoms with Crippen LogP contribution in [0.5, 0.6) is 28.7 Å². The van der Waals surface area contributed by atoms with Gasteiger partial charge in [0, 0.05) is 43.0 Å². The van der Waals surface area contributed by atoms with E-state index in [1.165, 1.54) is 0 Å². The number of nitriles is 1. The molecule has 1 saturated heterocycles. The molecule has 9 heteroatoms. The summed E-state index contributed by atoms with van der Waals surface area (Å²) in [5.41, 5.74) is 2.55. The standard InChI is InChI=1S/C31H32N4O5/c1-36-27-6-3-4-7-28(27)40-24-10-8-23(9-11-24)34-31-22(20-32)21-33-26-19-29(37-2)30(18-25(26)31)39-15-5-12-35-13-16-38-17-14-35/h3-4,6-11,18-19,21H,5,12-17H2,1-2H3,(H,33,34). The average Bonchev–Trinajstić information content (AvgIpc) is 3.01. The highest BCUT2D eigenvalue weighted by molar-refractivity contribution is 5.97. The van der Waals surface area contributed by atoms with E-state index < -0.39 is 0 Å². The van der Waals surface area contributed by atoms with Crippen LogP contribution in [0.25, 0.3) is 10.9 Å². The second kappa shape index (κ2) is 13.0. The molecule has 1 N–H and O–H groups in total. The molecule has 1 aliphatic rings. The van der Waals surface area contributed by atoms with Gasteiger partial charge in [0.15, 0.2) is 23.0 Å². The van der Waals surface area contributed by atoms with E-state index in [9.17, 15) is 5.26 Å². The van der Waals surface area contributed by atoms with Crippen molar-refractivity contribution < 1.29 is 23.7 Å². The molecule has 0 spiro atoms. The number of para-hydroxylation sites is 2. The zero-order valence-electron chi connectivity index (χ0n) is 22.7. The molecule has 9 nitrogen and oxygen atoms in total. The molecule has 4 aromatic rings. The van der Waals surface area contributed by atoms with Crippen LogP contribution >= 0.6 is 0 Å². The number of hydrogen-bond donors (Lipinski definition) is 1. The van der Waals surface area contributed by atoms with E-state index in [0.717, 1.165) is 50.3 Å². The molecule has 1 aromatic heterocycles. The molecule has 0 saturated carbocycles. The Morgan fingerprint density at radius 2 is 1.70 bits per heavy atom. The zero-order valence-corrected chi connectivity index (χ0v) is 22.7. The summed E-state index contributed by atoms with van der Waals surface area (Å²) in [6.45, 7) is 4.95. The number of benzene rings is 3. The third-order valence-corrected chi connectivity index (χ3v) is 6.67. The van der Waals surface area contributed by atoms with Crippen molar-refractivity contribution in [2.75, 3.05) is 59.0 Å². The summed E-state index contributed by atoms with van der Waals surface area (Å²) in [6, 6.07) is 21.0. The van der Waals surface area contributed by atoms with Crippen molar-refractivity contribution in [3.8, 4) is 34.8 Å². The van der Waals surface area contributed by atoms with Crippen molar-refractivity contribution in [1.82, 2.24) is 9.88 Å². The average molecular weight is 541 g/mol. The highest BCUT2D eigenvalue weighted by Crippen LogP contribution is 2.38. The maximum atomic E-state index is 9.85. The first-order valence-electron chi connectivity index (χ1n) is 13.2. The second-order valence-electron chi connectivity index (χ2n) is 9.24. The normalized spacial score (nSPS) is 13.4. The lowest BCUT2D eigenvalue weighted by molar-refractivity contribution is 0.0357. The van der Waals surface area contributed by atoms with Gasteiger partial charge in [0.2, 0.25) is 0 Å². The van der Waals surface area contributed by atoms with Gasteiger partial charge < -0.3 is 29.0 Å². The van der Waals surface area contributed by atoms with Gasteiger partial charge in [0.1, 0.15) is 11.8 Å². The maximum absolute atomic E-state index is 9.85. The first-order valence-corrected chi connectivity index (χ1v) is 13.2. The molecule has 1 fully saturated rings. The van der Waals surface area contributed by atoms with E-state index in [1.807, 2.05) is 60.7 Å².